The summed E-state index contributed by atoms with van der Waals surface area (Å²) in [5.41, 5.74) is 3.94. The predicted molar refractivity (Wildman–Crippen MR) is 106 cm³/mol. The van der Waals surface area contributed by atoms with Gasteiger partial charge in [-0.2, -0.15) is 5.10 Å². The molecule has 0 saturated carbocycles. The second-order valence-corrected chi connectivity index (χ2v) is 6.59. The SMILES string of the molecule is Cc1cccc(C)c1OCc1ccc(C(=O)NCCCn2cccn2)cc1. The van der Waals surface area contributed by atoms with Gasteiger partial charge < -0.3 is 10.1 Å². The van der Waals surface area contributed by atoms with Gasteiger partial charge in [-0.1, -0.05) is 30.3 Å². The number of ether oxygens (including phenoxy) is 1. The normalized spacial score (nSPS) is 10.6. The number of carbonyl (C=O) groups is 1. The fourth-order valence-electron chi connectivity index (χ4n) is 2.91. The van der Waals surface area contributed by atoms with E-state index in [0.29, 0.717) is 18.7 Å². The average molecular weight is 363 g/mol. The first-order valence-corrected chi connectivity index (χ1v) is 9.17. The molecule has 5 heteroatoms. The summed E-state index contributed by atoms with van der Waals surface area (Å²) in [4.78, 5) is 12.2. The number of nitrogens with one attached hydrogen (secondary N) is 1. The molecule has 1 heterocycles. The van der Waals surface area contributed by atoms with Crippen molar-refractivity contribution in [1.82, 2.24) is 15.1 Å². The molecule has 0 spiro atoms. The Morgan fingerprint density at radius 1 is 1.07 bits per heavy atom. The minimum Gasteiger partial charge on any atom is -0.488 e. The number of hydrogen-bond acceptors (Lipinski definition) is 3. The molecule has 1 amide bonds. The summed E-state index contributed by atoms with van der Waals surface area (Å²) in [5.74, 6) is 0.870. The number of amides is 1. The van der Waals surface area contributed by atoms with E-state index < -0.39 is 0 Å². The fraction of sp³-hybridized carbons (Fsp3) is 0.273. The summed E-state index contributed by atoms with van der Waals surface area (Å²) >= 11 is 0. The van der Waals surface area contributed by atoms with Gasteiger partial charge >= 0.3 is 0 Å². The van der Waals surface area contributed by atoms with Crippen molar-refractivity contribution in [2.45, 2.75) is 33.4 Å². The summed E-state index contributed by atoms with van der Waals surface area (Å²) in [6, 6.07) is 15.6. The molecule has 3 rings (SSSR count). The molecule has 0 unspecified atom stereocenters. The number of hydrogen-bond donors (Lipinski definition) is 1. The van der Waals surface area contributed by atoms with Crippen molar-refractivity contribution in [3.8, 4) is 5.75 Å². The van der Waals surface area contributed by atoms with Crippen molar-refractivity contribution in [2.24, 2.45) is 0 Å². The maximum absolute atomic E-state index is 12.2. The molecule has 140 valence electrons. The summed E-state index contributed by atoms with van der Waals surface area (Å²) < 4.78 is 7.82. The Labute approximate surface area is 160 Å². The first kappa shape index (κ1) is 18.7. The molecule has 0 saturated heterocycles. The third kappa shape index (κ3) is 5.20. The van der Waals surface area contributed by atoms with Crippen LogP contribution in [0.15, 0.2) is 60.9 Å². The number of para-hydroxylation sites is 1. The Hall–Kier alpha value is -3.08. The highest BCUT2D eigenvalue weighted by Crippen LogP contribution is 2.23. The Kier molecular flexibility index (Phi) is 6.26. The molecular formula is C22H25N3O2. The number of aromatic nitrogens is 2. The first-order valence-electron chi connectivity index (χ1n) is 9.17. The van der Waals surface area contributed by atoms with Crippen LogP contribution in [0.3, 0.4) is 0 Å². The van der Waals surface area contributed by atoms with E-state index in [1.54, 1.807) is 6.20 Å². The molecule has 0 aliphatic carbocycles. The van der Waals surface area contributed by atoms with Crippen LogP contribution in [0.1, 0.15) is 33.5 Å². The molecule has 0 fully saturated rings. The molecule has 2 aromatic carbocycles. The van der Waals surface area contributed by atoms with Crippen LogP contribution in [0.4, 0.5) is 0 Å². The largest absolute Gasteiger partial charge is 0.488 e. The van der Waals surface area contributed by atoms with Crippen LogP contribution in [-0.2, 0) is 13.2 Å². The van der Waals surface area contributed by atoms with Crippen molar-refractivity contribution in [2.75, 3.05) is 6.54 Å². The minimum atomic E-state index is -0.0577. The van der Waals surface area contributed by atoms with Crippen LogP contribution in [0, 0.1) is 13.8 Å². The molecule has 0 aliphatic rings. The third-order valence-electron chi connectivity index (χ3n) is 4.42. The summed E-state index contributed by atoms with van der Waals surface area (Å²) in [6.45, 7) is 5.99. The van der Waals surface area contributed by atoms with Gasteiger partial charge in [0, 0.05) is 31.0 Å². The number of nitrogens with zero attached hydrogens (tertiary/aromatic N) is 2. The quantitative estimate of drug-likeness (QED) is 0.618. The molecule has 0 aliphatic heterocycles. The molecule has 0 bridgehead atoms. The van der Waals surface area contributed by atoms with Gasteiger partial charge in [0.25, 0.3) is 5.91 Å². The predicted octanol–water partition coefficient (Wildman–Crippen LogP) is 3.90. The zero-order chi connectivity index (χ0) is 19.1. The van der Waals surface area contributed by atoms with Crippen LogP contribution < -0.4 is 10.1 Å². The lowest BCUT2D eigenvalue weighted by Gasteiger charge is -2.12. The number of aryl methyl sites for hydroxylation is 3. The molecule has 0 atom stereocenters. The lowest BCUT2D eigenvalue weighted by atomic mass is 10.1. The van der Waals surface area contributed by atoms with Gasteiger partial charge in [-0.15, -0.1) is 0 Å². The van der Waals surface area contributed by atoms with Crippen LogP contribution in [0.25, 0.3) is 0 Å². The molecule has 1 N–H and O–H groups in total. The highest BCUT2D eigenvalue weighted by atomic mass is 16.5. The van der Waals surface area contributed by atoms with Crippen LogP contribution in [0.2, 0.25) is 0 Å². The lowest BCUT2D eigenvalue weighted by Crippen LogP contribution is -2.25. The third-order valence-corrected chi connectivity index (χ3v) is 4.42. The van der Waals surface area contributed by atoms with Crippen molar-refractivity contribution >= 4 is 5.91 Å². The Morgan fingerprint density at radius 3 is 2.48 bits per heavy atom. The van der Waals surface area contributed by atoms with Gasteiger partial charge in [0.05, 0.1) is 0 Å². The Morgan fingerprint density at radius 2 is 1.81 bits per heavy atom. The van der Waals surface area contributed by atoms with E-state index in [0.717, 1.165) is 35.4 Å². The molecule has 27 heavy (non-hydrogen) atoms. The smallest absolute Gasteiger partial charge is 0.251 e. The van der Waals surface area contributed by atoms with Gasteiger partial charge in [-0.3, -0.25) is 9.48 Å². The van der Waals surface area contributed by atoms with Crippen molar-refractivity contribution in [3.63, 3.8) is 0 Å². The molecule has 5 nitrogen and oxygen atoms in total. The van der Waals surface area contributed by atoms with Gasteiger partial charge in [0.1, 0.15) is 12.4 Å². The van der Waals surface area contributed by atoms with Crippen molar-refractivity contribution in [3.05, 3.63) is 83.2 Å². The van der Waals surface area contributed by atoms with E-state index in [4.69, 9.17) is 4.74 Å². The van der Waals surface area contributed by atoms with Crippen LogP contribution in [0.5, 0.6) is 5.75 Å². The second kappa shape index (κ2) is 9.03. The maximum atomic E-state index is 12.2. The highest BCUT2D eigenvalue weighted by Gasteiger charge is 2.07. The van der Waals surface area contributed by atoms with Crippen LogP contribution in [-0.4, -0.2) is 22.2 Å². The zero-order valence-electron chi connectivity index (χ0n) is 15.8. The van der Waals surface area contributed by atoms with E-state index >= 15 is 0 Å². The average Bonchev–Trinajstić information content (AvgIpc) is 3.19. The highest BCUT2D eigenvalue weighted by molar-refractivity contribution is 5.94. The van der Waals surface area contributed by atoms with E-state index in [9.17, 15) is 4.79 Å². The standard InChI is InChI=1S/C22H25N3O2/c1-17-6-3-7-18(2)21(17)27-16-19-8-10-20(11-9-19)22(26)23-12-4-14-25-15-5-13-24-25/h3,5-11,13,15H,4,12,14,16H2,1-2H3,(H,23,26). The molecule has 3 aromatic rings. The summed E-state index contributed by atoms with van der Waals surface area (Å²) in [7, 11) is 0. The first-order chi connectivity index (χ1) is 13.1. The van der Waals surface area contributed by atoms with Crippen molar-refractivity contribution in [1.29, 1.82) is 0 Å². The number of rotatable bonds is 8. The zero-order valence-corrected chi connectivity index (χ0v) is 15.8. The van der Waals surface area contributed by atoms with E-state index in [2.05, 4.69) is 10.4 Å². The van der Waals surface area contributed by atoms with E-state index in [1.807, 2.05) is 73.3 Å². The molecular weight excluding hydrogens is 338 g/mol. The van der Waals surface area contributed by atoms with Crippen LogP contribution >= 0.6 is 0 Å². The fourth-order valence-corrected chi connectivity index (χ4v) is 2.91. The summed E-state index contributed by atoms with van der Waals surface area (Å²) in [5, 5.41) is 7.09. The Bertz CT molecular complexity index is 851. The number of carbonyl (C=O) groups excluding carboxylic acids is 1. The van der Waals surface area contributed by atoms with E-state index in [-0.39, 0.29) is 5.91 Å². The van der Waals surface area contributed by atoms with Gasteiger partial charge in [0.15, 0.2) is 0 Å². The number of benzene rings is 2. The second-order valence-electron chi connectivity index (χ2n) is 6.59. The van der Waals surface area contributed by atoms with Gasteiger partial charge in [-0.05, 0) is 55.2 Å². The monoisotopic (exact) mass is 363 g/mol. The van der Waals surface area contributed by atoms with E-state index in [1.165, 1.54) is 0 Å². The maximum Gasteiger partial charge on any atom is 0.251 e. The topological polar surface area (TPSA) is 56.1 Å². The van der Waals surface area contributed by atoms with Gasteiger partial charge in [0.2, 0.25) is 0 Å². The van der Waals surface area contributed by atoms with Crippen molar-refractivity contribution < 1.29 is 9.53 Å². The summed E-state index contributed by atoms with van der Waals surface area (Å²) in [6.07, 6.45) is 4.51. The van der Waals surface area contributed by atoms with Gasteiger partial charge in [-0.25, -0.2) is 0 Å². The Balaban J connectivity index is 1.47. The molecule has 0 radical (unpaired) electrons. The molecule has 1 aromatic heterocycles. The lowest BCUT2D eigenvalue weighted by molar-refractivity contribution is 0.0952. The minimum absolute atomic E-state index is 0.0577.